The Hall–Kier alpha value is -0.518. The van der Waals surface area contributed by atoms with Gasteiger partial charge in [-0.25, -0.2) is 0 Å². The molecule has 2 aliphatic rings. The van der Waals surface area contributed by atoms with Crippen LogP contribution >= 0.6 is 23.7 Å². The molecule has 3 unspecified atom stereocenters. The molecule has 201 valence electrons. The topological polar surface area (TPSA) is 0 Å². The number of hydrogen-bond acceptors (Lipinski definition) is 0. The maximum absolute atomic E-state index is 2.66. The zero-order chi connectivity index (χ0) is 28.0. The zero-order valence-corrected chi connectivity index (χ0v) is 31.7. The second kappa shape index (κ2) is 11.0. The van der Waals surface area contributed by atoms with Gasteiger partial charge in [-0.3, -0.25) is 0 Å². The molecule has 2 aliphatic heterocycles. The molecule has 0 saturated heterocycles. The Balaban J connectivity index is 0.000000177. The summed E-state index contributed by atoms with van der Waals surface area (Å²) < 4.78 is 5.27. The maximum atomic E-state index is 2.66. The van der Waals surface area contributed by atoms with Gasteiger partial charge in [-0.2, -0.15) is 0 Å². The summed E-state index contributed by atoms with van der Waals surface area (Å²) in [5.41, 5.74) is 1.25. The first-order valence-electron chi connectivity index (χ1n) is 13.8. The molecular weight excluding hydrogens is 708 g/mol. The molecule has 0 amide bonds. The molecule has 0 saturated carbocycles. The van der Waals surface area contributed by atoms with Gasteiger partial charge in [-0.05, 0) is 33.0 Å². The van der Waals surface area contributed by atoms with Gasteiger partial charge in [0.25, 0.3) is 0 Å². The Kier molecular flexibility index (Phi) is 8.85. The monoisotopic (exact) mass is 755 g/mol. The van der Waals surface area contributed by atoms with E-state index < -0.39 is 29.6 Å². The van der Waals surface area contributed by atoms with Crippen LogP contribution in [0.1, 0.15) is 62.3 Å². The summed E-state index contributed by atoms with van der Waals surface area (Å²) in [5.74, 6) is 0. The molecule has 1 radical (unpaired) electrons. The molecule has 4 heteroatoms. The van der Waals surface area contributed by atoms with Gasteiger partial charge in [0.2, 0.25) is 0 Å². The van der Waals surface area contributed by atoms with Crippen LogP contribution in [0.4, 0.5) is 0 Å². The zero-order valence-electron chi connectivity index (χ0n) is 25.1. The summed E-state index contributed by atoms with van der Waals surface area (Å²) in [4.78, 5) is 0. The van der Waals surface area contributed by atoms with Crippen LogP contribution in [0.15, 0.2) is 91.0 Å². The van der Waals surface area contributed by atoms with Crippen molar-refractivity contribution in [2.45, 2.75) is 67.0 Å². The average Bonchev–Trinajstić information content (AvgIpc) is 2.84. The number of benzene rings is 3. The minimum atomic E-state index is -2.17. The van der Waals surface area contributed by atoms with Crippen molar-refractivity contribution in [2.24, 2.45) is 16.2 Å². The molecule has 3 aromatic carbocycles. The van der Waals surface area contributed by atoms with Crippen molar-refractivity contribution in [1.29, 1.82) is 0 Å². The van der Waals surface area contributed by atoms with Gasteiger partial charge in [0.1, 0.15) is 0 Å². The fraction of sp³-hybridized carbons (Fsp3) is 0.412. The molecule has 0 aromatic heterocycles. The Bertz CT molecular complexity index is 1240. The van der Waals surface area contributed by atoms with Gasteiger partial charge >= 0.3 is 123 Å². The quantitative estimate of drug-likeness (QED) is 0.186. The molecule has 3 atom stereocenters. The van der Waals surface area contributed by atoms with E-state index in [0.717, 1.165) is 8.58 Å². The predicted octanol–water partition coefficient (Wildman–Crippen LogP) is 8.54. The molecule has 5 rings (SSSR count). The molecule has 2 heterocycles. The fourth-order valence-electron chi connectivity index (χ4n) is 6.13. The van der Waals surface area contributed by atoms with E-state index in [-0.39, 0.29) is 0 Å². The third-order valence-electron chi connectivity index (χ3n) is 7.69. The second-order valence-electron chi connectivity index (χ2n) is 13.8. The van der Waals surface area contributed by atoms with Crippen LogP contribution in [0.2, 0.25) is 0 Å². The first-order valence-corrected chi connectivity index (χ1v) is 23.8. The number of hydrogen-bond donors (Lipinski definition) is 0. The third-order valence-corrected chi connectivity index (χ3v) is 34.3. The normalized spacial score (nSPS) is 24.0. The van der Waals surface area contributed by atoms with E-state index >= 15 is 0 Å². The summed E-state index contributed by atoms with van der Waals surface area (Å²) >= 11 is -2.17. The summed E-state index contributed by atoms with van der Waals surface area (Å²) in [6, 6.07) is 33.0. The Morgan fingerprint density at radius 3 is 1.26 bits per heavy atom. The molecule has 0 nitrogen and oxygen atoms in total. The van der Waals surface area contributed by atoms with Crippen LogP contribution in [-0.4, -0.2) is 44.1 Å². The fourth-order valence-corrected chi connectivity index (χ4v) is 31.7. The Labute approximate surface area is 245 Å². The third kappa shape index (κ3) is 5.51. The molecule has 0 fully saturated rings. The summed E-state index contributed by atoms with van der Waals surface area (Å²) in [6.45, 7) is 23.7. The molecule has 0 spiro atoms. The molecule has 3 aromatic rings. The van der Waals surface area contributed by atoms with Crippen molar-refractivity contribution in [3.05, 3.63) is 91.0 Å². The van der Waals surface area contributed by atoms with Gasteiger partial charge in [0.15, 0.2) is 0 Å². The van der Waals surface area contributed by atoms with E-state index in [1.165, 1.54) is 0 Å². The van der Waals surface area contributed by atoms with E-state index in [2.05, 4.69) is 160 Å². The first kappa shape index (κ1) is 30.4. The van der Waals surface area contributed by atoms with E-state index in [1.807, 2.05) is 10.1 Å². The second-order valence-corrected chi connectivity index (χ2v) is 31.8. The van der Waals surface area contributed by atoms with Gasteiger partial charge in [-0.1, -0.05) is 86.0 Å². The van der Waals surface area contributed by atoms with Crippen LogP contribution < -0.4 is 9.37 Å². The van der Waals surface area contributed by atoms with Crippen molar-refractivity contribution in [3.8, 4) is 0 Å². The predicted molar refractivity (Wildman–Crippen MR) is 183 cm³/mol. The van der Waals surface area contributed by atoms with Crippen LogP contribution in [0, 0.1) is 16.2 Å². The minimum absolute atomic E-state index is 0.389. The van der Waals surface area contributed by atoms with Crippen molar-refractivity contribution in [2.75, 3.05) is 6.66 Å². The van der Waals surface area contributed by atoms with Gasteiger partial charge < -0.3 is 0 Å². The van der Waals surface area contributed by atoms with E-state index in [1.54, 1.807) is 17.6 Å². The Morgan fingerprint density at radius 1 is 0.605 bits per heavy atom. The van der Waals surface area contributed by atoms with E-state index in [4.69, 9.17) is 0 Å². The van der Waals surface area contributed by atoms with Crippen molar-refractivity contribution >= 4 is 65.8 Å². The summed E-state index contributed by atoms with van der Waals surface area (Å²) in [5, 5.41) is 3.82. The molecule has 0 bridgehead atoms. The van der Waals surface area contributed by atoms with Crippen molar-refractivity contribution in [1.82, 2.24) is 0 Å². The average molecular weight is 755 g/mol. The first-order chi connectivity index (χ1) is 17.6. The van der Waals surface area contributed by atoms with E-state index in [0.29, 0.717) is 20.9 Å². The van der Waals surface area contributed by atoms with Gasteiger partial charge in [0, 0.05) is 0 Å². The van der Waals surface area contributed by atoms with Crippen molar-refractivity contribution in [3.63, 3.8) is 0 Å². The summed E-state index contributed by atoms with van der Waals surface area (Å²) in [7, 11) is 2.79. The van der Waals surface area contributed by atoms with Crippen LogP contribution in [0.3, 0.4) is 0 Å². The number of fused-ring (bicyclic) bond motifs is 1. The van der Waals surface area contributed by atoms with E-state index in [9.17, 15) is 0 Å². The van der Waals surface area contributed by atoms with Gasteiger partial charge in [0.05, 0.1) is 4.64 Å². The van der Waals surface area contributed by atoms with Crippen LogP contribution in [0.25, 0.3) is 0 Å². The Morgan fingerprint density at radius 2 is 0.974 bits per heavy atom. The molecule has 0 N–H and O–H groups in total. The molecule has 0 aliphatic carbocycles. The standard InChI is InChI=1S/C16H31P3.3C6H5.Pb/c1-13(2,3)11-17-16(15(7,8)9)18-12(14(4,5)6)19(11,16)10;3*1-2-4-6-5-3-1;/h17H,1-10H3;3*1-5H;. The van der Waals surface area contributed by atoms with Gasteiger partial charge in [-0.15, -0.1) is 0 Å². The number of rotatable bonds is 3. The van der Waals surface area contributed by atoms with Crippen molar-refractivity contribution < 1.29 is 0 Å². The van der Waals surface area contributed by atoms with Crippen LogP contribution in [0.5, 0.6) is 0 Å². The summed E-state index contributed by atoms with van der Waals surface area (Å²) in [6.07, 6.45) is 0. The molecular formula is C34H46P3Pb. The van der Waals surface area contributed by atoms with Crippen LogP contribution in [-0.2, 0) is 0 Å². The SMILES string of the molecule is CC(C)(C)C1=PC2(C(C)(C)C)PC(C(C)(C)C)=P12C.c1cc[c]([Pb]([c]2ccccc2)[c]2ccccc2)cc1. The molecule has 38 heavy (non-hydrogen) atoms.